The van der Waals surface area contributed by atoms with E-state index in [-0.39, 0.29) is 27.7 Å². The van der Waals surface area contributed by atoms with Crippen molar-refractivity contribution < 1.29 is 26.4 Å². The fourth-order valence-corrected chi connectivity index (χ4v) is 7.23. The number of methoxy groups -OCH3 is 1. The van der Waals surface area contributed by atoms with Crippen molar-refractivity contribution in [3.8, 4) is 18.1 Å². The maximum absolute atomic E-state index is 13.2. The van der Waals surface area contributed by atoms with E-state index in [0.29, 0.717) is 28.8 Å². The minimum atomic E-state index is -3.94. The zero-order chi connectivity index (χ0) is 25.4. The SMILES string of the molecule is C#CCn1c(=NC(=O)C2CCCN2S(=O)(=O)c2ccc(OC)cc2)sc2cc(S(N)(=O)=O)ccc21. The molecule has 10 nitrogen and oxygen atoms in total. The number of benzene rings is 2. The molecule has 13 heteroatoms. The van der Waals surface area contributed by atoms with Gasteiger partial charge in [-0.3, -0.25) is 4.79 Å². The maximum Gasteiger partial charge on any atom is 0.266 e. The summed E-state index contributed by atoms with van der Waals surface area (Å²) in [4.78, 5) is 17.6. The molecule has 2 heterocycles. The summed E-state index contributed by atoms with van der Waals surface area (Å²) >= 11 is 1.07. The molecule has 1 aliphatic heterocycles. The Kier molecular flexibility index (Phi) is 6.85. The highest BCUT2D eigenvalue weighted by Crippen LogP contribution is 2.28. The first kappa shape index (κ1) is 25.1. The molecule has 1 atom stereocenters. The normalized spacial score (nSPS) is 17.5. The Bertz CT molecular complexity index is 1610. The molecule has 1 saturated heterocycles. The second-order valence-electron chi connectivity index (χ2n) is 7.75. The van der Waals surface area contributed by atoms with Crippen molar-refractivity contribution in [3.63, 3.8) is 0 Å². The first-order valence-corrected chi connectivity index (χ1v) is 14.2. The number of carbonyl (C=O) groups is 1. The number of amides is 1. The zero-order valence-electron chi connectivity index (χ0n) is 18.6. The molecule has 4 rings (SSSR count). The Balaban J connectivity index is 1.73. The largest absolute Gasteiger partial charge is 0.497 e. The molecule has 1 aliphatic rings. The van der Waals surface area contributed by atoms with E-state index >= 15 is 0 Å². The predicted molar refractivity (Wildman–Crippen MR) is 130 cm³/mol. The Labute approximate surface area is 206 Å². The highest BCUT2D eigenvalue weighted by Gasteiger charge is 2.39. The fraction of sp³-hybridized carbons (Fsp3) is 0.273. The van der Waals surface area contributed by atoms with Crippen molar-refractivity contribution in [3.05, 3.63) is 47.3 Å². The number of hydrogen-bond donors (Lipinski definition) is 1. The van der Waals surface area contributed by atoms with Gasteiger partial charge in [-0.25, -0.2) is 22.0 Å². The molecular weight excluding hydrogens is 512 g/mol. The molecule has 1 aromatic heterocycles. The summed E-state index contributed by atoms with van der Waals surface area (Å²) < 4.78 is 58.3. The van der Waals surface area contributed by atoms with Crippen molar-refractivity contribution in [2.75, 3.05) is 13.7 Å². The van der Waals surface area contributed by atoms with Crippen LogP contribution in [0.2, 0.25) is 0 Å². The molecule has 3 aromatic rings. The van der Waals surface area contributed by atoms with Crippen LogP contribution in [0, 0.1) is 12.3 Å². The van der Waals surface area contributed by atoms with Gasteiger partial charge in [0.1, 0.15) is 11.8 Å². The molecule has 2 N–H and O–H groups in total. The van der Waals surface area contributed by atoms with Gasteiger partial charge in [-0.1, -0.05) is 17.3 Å². The van der Waals surface area contributed by atoms with E-state index in [9.17, 15) is 21.6 Å². The number of ether oxygens (including phenoxy) is 1. The lowest BCUT2D eigenvalue weighted by Crippen LogP contribution is -2.40. The minimum Gasteiger partial charge on any atom is -0.497 e. The van der Waals surface area contributed by atoms with Crippen LogP contribution >= 0.6 is 11.3 Å². The predicted octanol–water partition coefficient (Wildman–Crippen LogP) is 1.27. The lowest BCUT2D eigenvalue weighted by atomic mass is 10.2. The Hall–Kier alpha value is -3.02. The molecule has 35 heavy (non-hydrogen) atoms. The van der Waals surface area contributed by atoms with E-state index in [4.69, 9.17) is 16.3 Å². The Morgan fingerprint density at radius 1 is 1.20 bits per heavy atom. The van der Waals surface area contributed by atoms with Gasteiger partial charge in [-0.05, 0) is 55.3 Å². The van der Waals surface area contributed by atoms with E-state index in [1.165, 1.54) is 35.7 Å². The van der Waals surface area contributed by atoms with Crippen LogP contribution in [-0.4, -0.2) is 51.3 Å². The van der Waals surface area contributed by atoms with Crippen molar-refractivity contribution >= 4 is 47.5 Å². The molecule has 0 aliphatic carbocycles. The summed E-state index contributed by atoms with van der Waals surface area (Å²) in [6, 6.07) is 9.27. The van der Waals surface area contributed by atoms with Crippen LogP contribution in [0.25, 0.3) is 10.2 Å². The number of carbonyl (C=O) groups excluding carboxylic acids is 1. The third-order valence-corrected chi connectivity index (χ3v) is 9.47. The van der Waals surface area contributed by atoms with Crippen LogP contribution in [0.4, 0.5) is 0 Å². The van der Waals surface area contributed by atoms with Crippen LogP contribution in [0.15, 0.2) is 57.2 Å². The van der Waals surface area contributed by atoms with Gasteiger partial charge >= 0.3 is 0 Å². The Morgan fingerprint density at radius 3 is 2.51 bits per heavy atom. The number of nitrogens with zero attached hydrogens (tertiary/aromatic N) is 3. The number of rotatable bonds is 6. The molecule has 0 radical (unpaired) electrons. The topological polar surface area (TPSA) is 141 Å². The average Bonchev–Trinajstić information content (AvgIpc) is 3.44. The van der Waals surface area contributed by atoms with Crippen molar-refractivity contribution in [2.45, 2.75) is 35.2 Å². The number of terminal acetylenes is 1. The first-order chi connectivity index (χ1) is 16.6. The smallest absolute Gasteiger partial charge is 0.266 e. The van der Waals surface area contributed by atoms with E-state index in [1.807, 2.05) is 0 Å². The molecule has 0 saturated carbocycles. The van der Waals surface area contributed by atoms with Gasteiger partial charge in [0.05, 0.1) is 33.7 Å². The molecule has 184 valence electrons. The average molecular weight is 535 g/mol. The van der Waals surface area contributed by atoms with Gasteiger partial charge in [-0.15, -0.1) is 6.42 Å². The number of sulfonamides is 2. The van der Waals surface area contributed by atoms with Crippen LogP contribution in [-0.2, 0) is 31.4 Å². The third-order valence-electron chi connectivity index (χ3n) is 5.59. The summed E-state index contributed by atoms with van der Waals surface area (Å²) in [5, 5.41) is 5.23. The first-order valence-electron chi connectivity index (χ1n) is 10.4. The molecule has 1 fully saturated rings. The zero-order valence-corrected chi connectivity index (χ0v) is 21.1. The second-order valence-corrected chi connectivity index (χ2v) is 12.2. The molecule has 0 bridgehead atoms. The lowest BCUT2D eigenvalue weighted by Gasteiger charge is -2.21. The number of hydrogen-bond acceptors (Lipinski definition) is 7. The van der Waals surface area contributed by atoms with E-state index in [0.717, 1.165) is 11.3 Å². The van der Waals surface area contributed by atoms with Crippen LogP contribution in [0.5, 0.6) is 5.75 Å². The lowest BCUT2D eigenvalue weighted by molar-refractivity contribution is -0.121. The van der Waals surface area contributed by atoms with Gasteiger partial charge in [0.2, 0.25) is 20.0 Å². The van der Waals surface area contributed by atoms with E-state index < -0.39 is 32.0 Å². The molecular formula is C22H22N4O6S3. The number of aromatic nitrogens is 1. The van der Waals surface area contributed by atoms with Gasteiger partial charge in [-0.2, -0.15) is 9.30 Å². The molecule has 2 aromatic carbocycles. The monoisotopic (exact) mass is 534 g/mol. The summed E-state index contributed by atoms with van der Waals surface area (Å²) in [6.45, 7) is 0.272. The van der Waals surface area contributed by atoms with Crippen LogP contribution in [0.1, 0.15) is 12.8 Å². The van der Waals surface area contributed by atoms with Crippen molar-refractivity contribution in [2.24, 2.45) is 10.1 Å². The van der Waals surface area contributed by atoms with E-state index in [2.05, 4.69) is 10.9 Å². The molecule has 1 unspecified atom stereocenters. The summed E-state index contributed by atoms with van der Waals surface area (Å²) in [5.74, 6) is 2.39. The standard InChI is InChI=1S/C22H22N4O6S3/c1-3-12-25-18-11-10-17(34(23,28)29)14-20(18)33-22(25)24-21(27)19-5-4-13-26(19)35(30,31)16-8-6-15(32-2)7-9-16/h1,6-11,14,19H,4-5,12-13H2,2H3,(H2,23,28,29). The number of fused-ring (bicyclic) bond motifs is 1. The molecule has 1 amide bonds. The van der Waals surface area contributed by atoms with Gasteiger partial charge < -0.3 is 9.30 Å². The van der Waals surface area contributed by atoms with Gasteiger partial charge in [0, 0.05) is 6.54 Å². The number of primary sulfonamides is 1. The second kappa shape index (κ2) is 9.56. The van der Waals surface area contributed by atoms with Gasteiger partial charge in [0.25, 0.3) is 5.91 Å². The summed E-state index contributed by atoms with van der Waals surface area (Å²) in [7, 11) is -6.38. The van der Waals surface area contributed by atoms with Crippen LogP contribution in [0.3, 0.4) is 0 Å². The summed E-state index contributed by atoms with van der Waals surface area (Å²) in [6.07, 6.45) is 6.33. The number of thiazole rings is 1. The maximum atomic E-state index is 13.2. The van der Waals surface area contributed by atoms with Crippen LogP contribution < -0.4 is 14.7 Å². The van der Waals surface area contributed by atoms with E-state index in [1.54, 1.807) is 22.8 Å². The van der Waals surface area contributed by atoms with Crippen molar-refractivity contribution in [1.82, 2.24) is 8.87 Å². The summed E-state index contributed by atoms with van der Waals surface area (Å²) in [5.41, 5.74) is 0.584. The number of nitrogens with two attached hydrogens (primary N) is 1. The third kappa shape index (κ3) is 4.89. The highest BCUT2D eigenvalue weighted by atomic mass is 32.2. The fourth-order valence-electron chi connectivity index (χ4n) is 3.89. The molecule has 0 spiro atoms. The minimum absolute atomic E-state index is 0.0535. The Morgan fingerprint density at radius 2 is 1.89 bits per heavy atom. The highest BCUT2D eigenvalue weighted by molar-refractivity contribution is 7.89. The van der Waals surface area contributed by atoms with Gasteiger partial charge in [0.15, 0.2) is 4.80 Å². The quantitative estimate of drug-likeness (QED) is 0.472. The van der Waals surface area contributed by atoms with Crippen molar-refractivity contribution in [1.29, 1.82) is 0 Å².